The number of aliphatic carboxylic acids is 1. The average molecular weight is 352 g/mol. The third-order valence-electron chi connectivity index (χ3n) is 3.75. The van der Waals surface area contributed by atoms with Crippen LogP contribution in [0.3, 0.4) is 0 Å². The van der Waals surface area contributed by atoms with Gasteiger partial charge in [-0.1, -0.05) is 40.2 Å². The molecule has 21 heavy (non-hydrogen) atoms. The Hall–Kier alpha value is -1.62. The van der Waals surface area contributed by atoms with Crippen LogP contribution in [0.2, 0.25) is 0 Å². The number of allylic oxidation sites excluding steroid dienone is 2. The summed E-state index contributed by atoms with van der Waals surface area (Å²) in [5, 5.41) is 9.25. The van der Waals surface area contributed by atoms with E-state index in [1.165, 1.54) is 0 Å². The van der Waals surface area contributed by atoms with E-state index in [1.807, 2.05) is 36.4 Å². The van der Waals surface area contributed by atoms with Crippen LogP contribution >= 0.6 is 15.9 Å². The highest BCUT2D eigenvalue weighted by Gasteiger charge is 2.35. The van der Waals surface area contributed by atoms with E-state index in [0.29, 0.717) is 19.4 Å². The normalized spacial score (nSPS) is 21.0. The van der Waals surface area contributed by atoms with E-state index in [1.54, 1.807) is 11.9 Å². The number of benzene rings is 1. The lowest BCUT2D eigenvalue weighted by molar-refractivity contribution is -0.150. The molecule has 0 aromatic heterocycles. The number of carboxylic acid groups (broad SMARTS) is 1. The summed E-state index contributed by atoms with van der Waals surface area (Å²) in [6.07, 6.45) is 4.67. The first kappa shape index (κ1) is 15.8. The topological polar surface area (TPSA) is 57.6 Å². The average Bonchev–Trinajstić information content (AvgIpc) is 2.46. The van der Waals surface area contributed by atoms with Crippen LogP contribution in [-0.4, -0.2) is 28.9 Å². The Labute approximate surface area is 132 Å². The molecule has 0 fully saturated rings. The van der Waals surface area contributed by atoms with Crippen molar-refractivity contribution in [3.63, 3.8) is 0 Å². The maximum Gasteiger partial charge on any atom is 0.307 e. The first-order valence-electron chi connectivity index (χ1n) is 6.86. The van der Waals surface area contributed by atoms with Crippen molar-refractivity contribution in [2.45, 2.75) is 19.4 Å². The lowest BCUT2D eigenvalue weighted by Gasteiger charge is -2.28. The summed E-state index contributed by atoms with van der Waals surface area (Å²) in [6, 6.07) is 7.75. The fourth-order valence-electron chi connectivity index (χ4n) is 2.63. The molecule has 4 nitrogen and oxygen atoms in total. The van der Waals surface area contributed by atoms with Gasteiger partial charge in [-0.15, -0.1) is 0 Å². The van der Waals surface area contributed by atoms with Gasteiger partial charge in [-0.3, -0.25) is 9.59 Å². The van der Waals surface area contributed by atoms with Crippen molar-refractivity contribution in [3.8, 4) is 0 Å². The molecule has 0 aliphatic heterocycles. The minimum atomic E-state index is -0.895. The molecule has 1 aliphatic rings. The highest BCUT2D eigenvalue weighted by Crippen LogP contribution is 2.28. The predicted molar refractivity (Wildman–Crippen MR) is 83.6 cm³/mol. The Bertz CT molecular complexity index is 570. The third kappa shape index (κ3) is 3.94. The Balaban J connectivity index is 2.07. The highest BCUT2D eigenvalue weighted by atomic mass is 79.9. The van der Waals surface area contributed by atoms with E-state index in [9.17, 15) is 14.7 Å². The van der Waals surface area contributed by atoms with Crippen molar-refractivity contribution >= 4 is 27.8 Å². The molecule has 1 aromatic rings. The largest absolute Gasteiger partial charge is 0.481 e. The maximum atomic E-state index is 12.5. The highest BCUT2D eigenvalue weighted by molar-refractivity contribution is 9.10. The number of amides is 1. The van der Waals surface area contributed by atoms with Gasteiger partial charge in [0, 0.05) is 18.1 Å². The molecule has 0 saturated carbocycles. The van der Waals surface area contributed by atoms with Crippen molar-refractivity contribution in [3.05, 3.63) is 46.5 Å². The monoisotopic (exact) mass is 351 g/mol. The molecule has 112 valence electrons. The molecular weight excluding hydrogens is 334 g/mol. The zero-order valence-electron chi connectivity index (χ0n) is 11.8. The first-order valence-corrected chi connectivity index (χ1v) is 7.65. The van der Waals surface area contributed by atoms with Crippen LogP contribution in [0, 0.1) is 11.8 Å². The summed E-state index contributed by atoms with van der Waals surface area (Å²) in [6.45, 7) is 0.477. The van der Waals surface area contributed by atoms with E-state index in [2.05, 4.69) is 15.9 Å². The third-order valence-corrected chi connectivity index (χ3v) is 4.25. The van der Waals surface area contributed by atoms with E-state index >= 15 is 0 Å². The van der Waals surface area contributed by atoms with Gasteiger partial charge in [0.15, 0.2) is 0 Å². The lowest BCUT2D eigenvalue weighted by Crippen LogP contribution is -2.39. The summed E-state index contributed by atoms with van der Waals surface area (Å²) in [5.74, 6) is -2.09. The van der Waals surface area contributed by atoms with Crippen molar-refractivity contribution in [2.75, 3.05) is 7.05 Å². The number of carbonyl (C=O) groups excluding carboxylic acids is 1. The Kier molecular flexibility index (Phi) is 5.17. The van der Waals surface area contributed by atoms with Crippen LogP contribution in [0.1, 0.15) is 18.4 Å². The predicted octanol–water partition coefficient (Wildman–Crippen LogP) is 3.07. The van der Waals surface area contributed by atoms with Crippen LogP contribution in [0.5, 0.6) is 0 Å². The molecule has 2 atom stereocenters. The lowest BCUT2D eigenvalue weighted by atomic mass is 9.82. The second-order valence-corrected chi connectivity index (χ2v) is 6.23. The maximum absolute atomic E-state index is 12.5. The fourth-order valence-corrected chi connectivity index (χ4v) is 3.08. The molecule has 5 heteroatoms. The summed E-state index contributed by atoms with van der Waals surface area (Å²) < 4.78 is 0.963. The van der Waals surface area contributed by atoms with Gasteiger partial charge < -0.3 is 10.0 Å². The fraction of sp³-hybridized carbons (Fsp3) is 0.375. The van der Waals surface area contributed by atoms with E-state index < -0.39 is 17.8 Å². The van der Waals surface area contributed by atoms with Gasteiger partial charge in [0.1, 0.15) is 0 Å². The van der Waals surface area contributed by atoms with Gasteiger partial charge in [-0.05, 0) is 30.5 Å². The molecule has 0 unspecified atom stereocenters. The Morgan fingerprint density at radius 1 is 1.29 bits per heavy atom. The molecule has 0 heterocycles. The number of carboxylic acids is 1. The number of carbonyl (C=O) groups is 2. The smallest absolute Gasteiger partial charge is 0.307 e. The second-order valence-electron chi connectivity index (χ2n) is 5.32. The van der Waals surface area contributed by atoms with Crippen molar-refractivity contribution in [1.82, 2.24) is 4.90 Å². The second kappa shape index (κ2) is 6.89. The van der Waals surface area contributed by atoms with E-state index in [0.717, 1.165) is 10.0 Å². The molecule has 0 bridgehead atoms. The molecule has 2 rings (SSSR count). The van der Waals surface area contributed by atoms with Crippen molar-refractivity contribution in [2.24, 2.45) is 11.8 Å². The van der Waals surface area contributed by atoms with Crippen LogP contribution in [0.4, 0.5) is 0 Å². The minimum Gasteiger partial charge on any atom is -0.481 e. The quantitative estimate of drug-likeness (QED) is 0.848. The van der Waals surface area contributed by atoms with E-state index in [4.69, 9.17) is 0 Å². The van der Waals surface area contributed by atoms with Gasteiger partial charge >= 0.3 is 5.97 Å². The standard InChI is InChI=1S/C16H18BrNO3/c1-18(10-11-5-4-6-12(17)9-11)15(19)13-7-2-3-8-14(13)16(20)21/h2-6,9,13-14H,7-8,10H2,1H3,(H,20,21)/t13-,14+/m1/s1. The Morgan fingerprint density at radius 3 is 2.57 bits per heavy atom. The van der Waals surface area contributed by atoms with Crippen molar-refractivity contribution in [1.29, 1.82) is 0 Å². The van der Waals surface area contributed by atoms with Gasteiger partial charge in [0.25, 0.3) is 0 Å². The molecule has 0 radical (unpaired) electrons. The zero-order chi connectivity index (χ0) is 15.4. The molecule has 1 amide bonds. The first-order chi connectivity index (χ1) is 9.99. The summed E-state index contributed by atoms with van der Waals surface area (Å²) in [5.41, 5.74) is 1.01. The minimum absolute atomic E-state index is 0.105. The summed E-state index contributed by atoms with van der Waals surface area (Å²) in [4.78, 5) is 25.4. The van der Waals surface area contributed by atoms with Gasteiger partial charge in [-0.25, -0.2) is 0 Å². The molecule has 1 aliphatic carbocycles. The summed E-state index contributed by atoms with van der Waals surface area (Å²) in [7, 11) is 1.72. The van der Waals surface area contributed by atoms with Gasteiger partial charge in [0.05, 0.1) is 11.8 Å². The number of halogens is 1. The number of hydrogen-bond acceptors (Lipinski definition) is 2. The molecule has 0 spiro atoms. The van der Waals surface area contributed by atoms with Crippen LogP contribution in [0.25, 0.3) is 0 Å². The van der Waals surface area contributed by atoms with E-state index in [-0.39, 0.29) is 5.91 Å². The number of nitrogens with zero attached hydrogens (tertiary/aromatic N) is 1. The number of rotatable bonds is 4. The molecule has 1 aromatic carbocycles. The molecular formula is C16H18BrNO3. The SMILES string of the molecule is CN(Cc1cccc(Br)c1)C(=O)[C@@H]1CC=CC[C@@H]1C(=O)O. The van der Waals surface area contributed by atoms with Crippen LogP contribution in [-0.2, 0) is 16.1 Å². The summed E-state index contributed by atoms with van der Waals surface area (Å²) >= 11 is 3.40. The Morgan fingerprint density at radius 2 is 1.95 bits per heavy atom. The van der Waals surface area contributed by atoms with Crippen LogP contribution < -0.4 is 0 Å². The van der Waals surface area contributed by atoms with Gasteiger partial charge in [-0.2, -0.15) is 0 Å². The zero-order valence-corrected chi connectivity index (χ0v) is 13.4. The van der Waals surface area contributed by atoms with Crippen molar-refractivity contribution < 1.29 is 14.7 Å². The number of hydrogen-bond donors (Lipinski definition) is 1. The molecule has 1 N–H and O–H groups in total. The van der Waals surface area contributed by atoms with Gasteiger partial charge in [0.2, 0.25) is 5.91 Å². The van der Waals surface area contributed by atoms with Crippen LogP contribution in [0.15, 0.2) is 40.9 Å². The molecule has 0 saturated heterocycles.